The summed E-state index contributed by atoms with van der Waals surface area (Å²) in [5.41, 5.74) is 0. The quantitative estimate of drug-likeness (QED) is 0.181. The topological polar surface area (TPSA) is 131 Å². The van der Waals surface area contributed by atoms with Gasteiger partial charge in [-0.3, -0.25) is 0 Å². The van der Waals surface area contributed by atoms with Crippen molar-refractivity contribution in [1.29, 1.82) is 0 Å². The molecular weight excluding hydrogens is 273 g/mol. The summed E-state index contributed by atoms with van der Waals surface area (Å²) in [7, 11) is -4.00. The number of carbonyl (C=O) groups excluding carboxylic acids is 2. The number of hydrogen-bond acceptors (Lipinski definition) is 5. The molecule has 0 aromatic carbocycles. The summed E-state index contributed by atoms with van der Waals surface area (Å²) >= 11 is 0. The van der Waals surface area contributed by atoms with Crippen LogP contribution in [0.1, 0.15) is 12.8 Å². The molecule has 0 aromatic heterocycles. The van der Waals surface area contributed by atoms with Crippen molar-refractivity contribution in [3.05, 3.63) is 12.7 Å². The van der Waals surface area contributed by atoms with Gasteiger partial charge >= 0.3 is 105 Å². The van der Waals surface area contributed by atoms with Crippen LogP contribution in [0.25, 0.3) is 0 Å². The summed E-state index contributed by atoms with van der Waals surface area (Å²) in [6.07, 6.45) is 1.94. The third-order valence-corrected chi connectivity index (χ3v) is 3.12. The summed E-state index contributed by atoms with van der Waals surface area (Å²) < 4.78 is 0. The number of rotatable bonds is 9. The molecule has 19 heavy (non-hydrogen) atoms. The number of urea groups is 1. The molecule has 0 rings (SSSR count). The molecule has 0 aromatic rings. The predicted molar refractivity (Wildman–Crippen MR) is 73.7 cm³/mol. The van der Waals surface area contributed by atoms with Crippen LogP contribution in [-0.2, 0) is 4.79 Å². The first-order valence-electron chi connectivity index (χ1n) is 5.94. The van der Waals surface area contributed by atoms with Gasteiger partial charge in [-0.1, -0.05) is 6.58 Å². The van der Waals surface area contributed by atoms with Crippen molar-refractivity contribution < 1.29 is 24.3 Å². The molecule has 0 aliphatic heterocycles. The van der Waals surface area contributed by atoms with E-state index in [2.05, 4.69) is 22.5 Å². The predicted octanol–water partition coefficient (Wildman–Crippen LogP) is -1.16. The van der Waals surface area contributed by atoms with E-state index in [0.717, 1.165) is 0 Å². The molecule has 0 aliphatic carbocycles. The van der Waals surface area contributed by atoms with E-state index in [1.54, 1.807) is 0 Å². The van der Waals surface area contributed by atoms with Gasteiger partial charge in [0.15, 0.2) is 0 Å². The first-order valence-corrected chi connectivity index (χ1v) is 7.99. The van der Waals surface area contributed by atoms with Crippen LogP contribution in [0.3, 0.4) is 0 Å². The van der Waals surface area contributed by atoms with Crippen molar-refractivity contribution in [3.8, 4) is 0 Å². The van der Waals surface area contributed by atoms with Crippen molar-refractivity contribution >= 4 is 19.9 Å². The van der Waals surface area contributed by atoms with Crippen molar-refractivity contribution in [2.24, 2.45) is 0 Å². The summed E-state index contributed by atoms with van der Waals surface area (Å²) in [6.45, 7) is 4.40. The molecule has 3 amide bonds. The van der Waals surface area contributed by atoms with E-state index in [4.69, 9.17) is 14.7 Å². The first kappa shape index (κ1) is 17.8. The Bertz CT molecular complexity index is 306. The molecule has 0 atom stereocenters. The summed E-state index contributed by atoms with van der Waals surface area (Å²) in [5.74, 6) is -0.255. The Balaban J connectivity index is 3.40. The zero-order chi connectivity index (χ0) is 14.7. The normalized spacial score (nSPS) is 11.5. The second-order valence-corrected chi connectivity index (χ2v) is 5.96. The molecule has 0 unspecified atom stereocenters. The van der Waals surface area contributed by atoms with Crippen LogP contribution < -0.4 is 16.0 Å². The van der Waals surface area contributed by atoms with E-state index in [1.165, 1.54) is 6.08 Å². The average Bonchev–Trinajstić information content (AvgIpc) is 2.32. The zero-order valence-corrected chi connectivity index (χ0v) is 11.7. The van der Waals surface area contributed by atoms with Gasteiger partial charge in [-0.25, -0.2) is 0 Å². The molecule has 8 nitrogen and oxygen atoms in total. The molecule has 9 heteroatoms. The van der Waals surface area contributed by atoms with Crippen LogP contribution >= 0.6 is 7.94 Å². The molecule has 0 fully saturated rings. The Kier molecular flexibility index (Phi) is 9.07. The van der Waals surface area contributed by atoms with Crippen LogP contribution in [0.15, 0.2) is 12.7 Å². The van der Waals surface area contributed by atoms with Gasteiger partial charge in [0, 0.05) is 0 Å². The third-order valence-electron chi connectivity index (χ3n) is 2.10. The van der Waals surface area contributed by atoms with Crippen LogP contribution in [0.4, 0.5) is 4.79 Å². The van der Waals surface area contributed by atoms with Crippen LogP contribution in [0.2, 0.25) is 0 Å². The Morgan fingerprint density at radius 2 is 1.53 bits per heavy atom. The molecule has 6 N–H and O–H groups in total. The van der Waals surface area contributed by atoms with E-state index < -0.39 is 7.94 Å². The molecule has 0 aliphatic rings. The maximum absolute atomic E-state index is 11.2. The van der Waals surface area contributed by atoms with Gasteiger partial charge in [0.25, 0.3) is 0 Å². The number of amides is 3. The molecule has 0 heterocycles. The second kappa shape index (κ2) is 9.69. The fraction of sp³-hybridized carbons (Fsp3) is 0.600. The zero-order valence-electron chi connectivity index (χ0n) is 10.7. The molecule has 0 bridgehead atoms. The van der Waals surface area contributed by atoms with E-state index in [0.29, 0.717) is 25.9 Å². The molecule has 0 spiro atoms. The van der Waals surface area contributed by atoms with Gasteiger partial charge in [0.1, 0.15) is 0 Å². The maximum atomic E-state index is 11.2. The minimum absolute atomic E-state index is 0.110. The molecule has 0 saturated carbocycles. The van der Waals surface area contributed by atoms with E-state index >= 15 is 0 Å². The SMILES string of the molecule is C=CC(=O)NCCCNC(=O)NCCC[PH](O)(O)O. The van der Waals surface area contributed by atoms with Crippen LogP contribution in [-0.4, -0.2) is 52.4 Å². The van der Waals surface area contributed by atoms with Gasteiger partial charge in [-0.05, 0) is 0 Å². The third kappa shape index (κ3) is 13.0. The van der Waals surface area contributed by atoms with E-state index in [9.17, 15) is 9.59 Å². The molecule has 112 valence electrons. The summed E-state index contributed by atoms with van der Waals surface area (Å²) in [4.78, 5) is 48.2. The Morgan fingerprint density at radius 1 is 1.00 bits per heavy atom. The van der Waals surface area contributed by atoms with Gasteiger partial charge in [-0.2, -0.15) is 0 Å². The molecule has 0 saturated heterocycles. The van der Waals surface area contributed by atoms with Crippen LogP contribution in [0, 0.1) is 0 Å². The minimum atomic E-state index is -4.00. The van der Waals surface area contributed by atoms with Gasteiger partial charge in [-0.15, -0.1) is 0 Å². The second-order valence-electron chi connectivity index (χ2n) is 3.91. The van der Waals surface area contributed by atoms with Crippen molar-refractivity contribution in [2.75, 3.05) is 25.8 Å². The van der Waals surface area contributed by atoms with E-state index in [-0.39, 0.29) is 24.6 Å². The van der Waals surface area contributed by atoms with Crippen molar-refractivity contribution in [3.63, 3.8) is 0 Å². The monoisotopic (exact) mass is 295 g/mol. The van der Waals surface area contributed by atoms with Crippen molar-refractivity contribution in [2.45, 2.75) is 12.8 Å². The number of hydrogen-bond donors (Lipinski definition) is 6. The van der Waals surface area contributed by atoms with Crippen molar-refractivity contribution in [1.82, 2.24) is 16.0 Å². The summed E-state index contributed by atoms with van der Waals surface area (Å²) in [5, 5.41) is 7.64. The summed E-state index contributed by atoms with van der Waals surface area (Å²) in [6, 6.07) is -0.379. The number of carbonyl (C=O) groups is 2. The Morgan fingerprint density at radius 3 is 2.05 bits per heavy atom. The van der Waals surface area contributed by atoms with Gasteiger partial charge < -0.3 is 0 Å². The average molecular weight is 295 g/mol. The Labute approximate surface area is 112 Å². The van der Waals surface area contributed by atoms with E-state index in [1.807, 2.05) is 0 Å². The van der Waals surface area contributed by atoms with Gasteiger partial charge in [0.05, 0.1) is 0 Å². The molecule has 0 radical (unpaired) electrons. The van der Waals surface area contributed by atoms with Crippen LogP contribution in [0.5, 0.6) is 0 Å². The fourth-order valence-corrected chi connectivity index (χ4v) is 1.82. The Hall–Kier alpha value is -1.21. The van der Waals surface area contributed by atoms with Gasteiger partial charge in [0.2, 0.25) is 0 Å². The first-order chi connectivity index (χ1) is 8.85. The number of nitrogens with one attached hydrogen (secondary N) is 3. The standard InChI is InChI=1S/C10H22N3O5P/c1-2-9(14)11-5-3-6-12-10(15)13-7-4-8-19(16,17)18/h2,16-19H,1,3-8H2,(H,11,14)(H2,12,13,15). The fourth-order valence-electron chi connectivity index (χ4n) is 1.16. The molecular formula is C10H22N3O5P.